The lowest BCUT2D eigenvalue weighted by molar-refractivity contribution is 0.0994. The van der Waals surface area contributed by atoms with Crippen LogP contribution in [0.4, 0.5) is 5.69 Å². The second-order valence-electron chi connectivity index (χ2n) is 5.83. The Morgan fingerprint density at radius 1 is 1.33 bits per heavy atom. The van der Waals surface area contributed by atoms with E-state index in [1.165, 1.54) is 11.8 Å². The number of hydrogen-bond acceptors (Lipinski definition) is 6. The predicted octanol–water partition coefficient (Wildman–Crippen LogP) is 2.35. The van der Waals surface area contributed by atoms with Crippen LogP contribution in [0.15, 0.2) is 35.7 Å². The summed E-state index contributed by atoms with van der Waals surface area (Å²) in [6.45, 7) is 1.83. The number of ketones is 1. The Kier molecular flexibility index (Phi) is 4.64. The second kappa shape index (κ2) is 6.56. The van der Waals surface area contributed by atoms with E-state index in [0.717, 1.165) is 24.3 Å². The number of nitrogens with zero attached hydrogens (tertiary/aromatic N) is 3. The topological polar surface area (TPSA) is 93.9 Å². The number of thioether (sulfide) groups is 1. The fraction of sp³-hybridized carbons (Fsp3) is 0.400. The molecule has 1 aliphatic carbocycles. The van der Waals surface area contributed by atoms with Crippen molar-refractivity contribution in [2.75, 3.05) is 11.0 Å². The summed E-state index contributed by atoms with van der Waals surface area (Å²) in [4.78, 5) is 12.5. The van der Waals surface area contributed by atoms with Crippen molar-refractivity contribution in [1.82, 2.24) is 14.8 Å². The number of carbonyl (C=O) groups excluding carboxylic acids is 1. The molecule has 1 N–H and O–H groups in total. The van der Waals surface area contributed by atoms with E-state index in [9.17, 15) is 13.2 Å². The first-order valence-corrected chi connectivity index (χ1v) is 10.3. The van der Waals surface area contributed by atoms with Crippen LogP contribution in [0.1, 0.15) is 36.2 Å². The number of benzene rings is 1. The van der Waals surface area contributed by atoms with E-state index in [2.05, 4.69) is 14.9 Å². The summed E-state index contributed by atoms with van der Waals surface area (Å²) in [6, 6.07) is 6.87. The van der Waals surface area contributed by atoms with Gasteiger partial charge >= 0.3 is 0 Å². The van der Waals surface area contributed by atoms with Gasteiger partial charge in [-0.05, 0) is 44.0 Å². The summed E-state index contributed by atoms with van der Waals surface area (Å²) >= 11 is 1.39. The fourth-order valence-electron chi connectivity index (χ4n) is 2.28. The number of rotatable bonds is 7. The fourth-order valence-corrected chi connectivity index (χ4v) is 3.82. The molecule has 9 heteroatoms. The van der Waals surface area contributed by atoms with Crippen molar-refractivity contribution in [2.24, 2.45) is 0 Å². The number of Topliss-reactive ketones (excluding diaryl/α,β-unsaturated/α-hetero) is 1. The van der Waals surface area contributed by atoms with Gasteiger partial charge in [0.2, 0.25) is 10.0 Å². The summed E-state index contributed by atoms with van der Waals surface area (Å²) in [6.07, 6.45) is 5.05. The molecule has 0 spiro atoms. The highest BCUT2D eigenvalue weighted by Crippen LogP contribution is 2.38. The SMILES string of the molecule is C[C@@H](Sc1nncn1C1CC1)C(=O)c1ccc(NS(C)(=O)=O)cc1. The molecule has 24 heavy (non-hydrogen) atoms. The summed E-state index contributed by atoms with van der Waals surface area (Å²) in [7, 11) is -3.32. The molecule has 1 atom stereocenters. The molecule has 1 aliphatic rings. The summed E-state index contributed by atoms with van der Waals surface area (Å²) in [5.41, 5.74) is 0.967. The van der Waals surface area contributed by atoms with Crippen LogP contribution in [0.3, 0.4) is 0 Å². The van der Waals surface area contributed by atoms with Crippen molar-refractivity contribution in [3.05, 3.63) is 36.2 Å². The third-order valence-corrected chi connectivity index (χ3v) is 5.28. The number of sulfonamides is 1. The molecule has 1 saturated carbocycles. The van der Waals surface area contributed by atoms with Gasteiger partial charge in [0.15, 0.2) is 10.9 Å². The number of carbonyl (C=O) groups is 1. The number of hydrogen-bond donors (Lipinski definition) is 1. The molecule has 0 radical (unpaired) electrons. The van der Waals surface area contributed by atoms with Crippen LogP contribution in [-0.4, -0.2) is 40.5 Å². The molecule has 1 aromatic heterocycles. The van der Waals surface area contributed by atoms with E-state index >= 15 is 0 Å². The lowest BCUT2D eigenvalue weighted by Gasteiger charge is -2.11. The highest BCUT2D eigenvalue weighted by Gasteiger charge is 2.28. The van der Waals surface area contributed by atoms with Gasteiger partial charge in [0.05, 0.1) is 11.5 Å². The Morgan fingerprint density at radius 2 is 2.00 bits per heavy atom. The molecule has 0 amide bonds. The van der Waals surface area contributed by atoms with E-state index in [4.69, 9.17) is 0 Å². The Labute approximate surface area is 144 Å². The maximum atomic E-state index is 12.5. The van der Waals surface area contributed by atoms with Crippen molar-refractivity contribution in [3.8, 4) is 0 Å². The number of anilines is 1. The number of nitrogens with one attached hydrogen (secondary N) is 1. The maximum Gasteiger partial charge on any atom is 0.229 e. The molecule has 7 nitrogen and oxygen atoms in total. The van der Waals surface area contributed by atoms with Crippen molar-refractivity contribution in [2.45, 2.75) is 36.2 Å². The Bertz CT molecular complexity index is 842. The smallest absolute Gasteiger partial charge is 0.229 e. The molecule has 1 aromatic carbocycles. The second-order valence-corrected chi connectivity index (χ2v) is 8.88. The normalized spacial score (nSPS) is 15.9. The minimum absolute atomic E-state index is 0.0312. The van der Waals surface area contributed by atoms with E-state index < -0.39 is 10.0 Å². The van der Waals surface area contributed by atoms with Gasteiger partial charge in [-0.25, -0.2) is 8.42 Å². The van der Waals surface area contributed by atoms with Gasteiger partial charge in [-0.2, -0.15) is 0 Å². The first-order valence-electron chi connectivity index (χ1n) is 7.52. The Hall–Kier alpha value is -1.87. The molecule has 128 valence electrons. The van der Waals surface area contributed by atoms with Crippen molar-refractivity contribution in [3.63, 3.8) is 0 Å². The van der Waals surface area contributed by atoms with Crippen LogP contribution in [0, 0.1) is 0 Å². The Balaban J connectivity index is 1.67. The molecular weight excluding hydrogens is 348 g/mol. The van der Waals surface area contributed by atoms with Crippen LogP contribution in [-0.2, 0) is 10.0 Å². The molecule has 3 rings (SSSR count). The standard InChI is InChI=1S/C15H18N4O3S2/c1-10(23-15-17-16-9-19(15)13-7-8-13)14(20)11-3-5-12(6-4-11)18-24(2,21)22/h3-6,9-10,13,18H,7-8H2,1-2H3/t10-/m1/s1. The zero-order chi connectivity index (χ0) is 17.3. The third-order valence-electron chi connectivity index (χ3n) is 3.60. The van der Waals surface area contributed by atoms with Crippen molar-refractivity contribution < 1.29 is 13.2 Å². The summed E-state index contributed by atoms with van der Waals surface area (Å²) < 4.78 is 26.8. The van der Waals surface area contributed by atoms with E-state index in [1.54, 1.807) is 30.6 Å². The van der Waals surface area contributed by atoms with Gasteiger partial charge in [0.1, 0.15) is 6.33 Å². The summed E-state index contributed by atoms with van der Waals surface area (Å²) in [5.74, 6) is -0.0312. The van der Waals surface area contributed by atoms with Gasteiger partial charge in [0, 0.05) is 17.3 Å². The highest BCUT2D eigenvalue weighted by atomic mass is 32.2. The third kappa shape index (κ3) is 4.15. The van der Waals surface area contributed by atoms with Crippen molar-refractivity contribution in [1.29, 1.82) is 0 Å². The molecule has 1 heterocycles. The van der Waals surface area contributed by atoms with Crippen LogP contribution in [0.5, 0.6) is 0 Å². The first kappa shape index (κ1) is 17.0. The van der Waals surface area contributed by atoms with E-state index in [1.807, 2.05) is 11.5 Å². The van der Waals surface area contributed by atoms with E-state index in [0.29, 0.717) is 17.3 Å². The quantitative estimate of drug-likeness (QED) is 0.597. The minimum Gasteiger partial charge on any atom is -0.306 e. The number of aromatic nitrogens is 3. The van der Waals surface area contributed by atoms with Gasteiger partial charge in [-0.15, -0.1) is 10.2 Å². The van der Waals surface area contributed by atoms with Crippen LogP contribution < -0.4 is 4.72 Å². The largest absolute Gasteiger partial charge is 0.306 e. The average Bonchev–Trinajstić information content (AvgIpc) is 3.26. The first-order chi connectivity index (χ1) is 11.3. The molecule has 0 unspecified atom stereocenters. The Morgan fingerprint density at radius 3 is 2.58 bits per heavy atom. The molecule has 0 saturated heterocycles. The van der Waals surface area contributed by atoms with Crippen LogP contribution in [0.2, 0.25) is 0 Å². The summed E-state index contributed by atoms with van der Waals surface area (Å²) in [5, 5.41) is 8.48. The van der Waals surface area contributed by atoms with Gasteiger partial charge in [-0.1, -0.05) is 11.8 Å². The maximum absolute atomic E-state index is 12.5. The zero-order valence-corrected chi connectivity index (χ0v) is 15.0. The van der Waals surface area contributed by atoms with Crippen LogP contribution >= 0.6 is 11.8 Å². The molecule has 0 aliphatic heterocycles. The molecule has 1 fully saturated rings. The zero-order valence-electron chi connectivity index (χ0n) is 13.3. The monoisotopic (exact) mass is 366 g/mol. The average molecular weight is 366 g/mol. The predicted molar refractivity (Wildman–Crippen MR) is 92.9 cm³/mol. The minimum atomic E-state index is -3.32. The molecular formula is C15H18N4O3S2. The lowest BCUT2D eigenvalue weighted by atomic mass is 10.1. The van der Waals surface area contributed by atoms with Gasteiger partial charge < -0.3 is 4.57 Å². The molecule has 2 aromatic rings. The van der Waals surface area contributed by atoms with E-state index in [-0.39, 0.29) is 11.0 Å². The van der Waals surface area contributed by atoms with Crippen molar-refractivity contribution >= 4 is 33.3 Å². The highest BCUT2D eigenvalue weighted by molar-refractivity contribution is 8.00. The molecule has 0 bridgehead atoms. The van der Waals surface area contributed by atoms with Crippen LogP contribution in [0.25, 0.3) is 0 Å². The van der Waals surface area contributed by atoms with Gasteiger partial charge in [0.25, 0.3) is 0 Å². The van der Waals surface area contributed by atoms with Gasteiger partial charge in [-0.3, -0.25) is 9.52 Å². The lowest BCUT2D eigenvalue weighted by Crippen LogP contribution is -2.15.